The highest BCUT2D eigenvalue weighted by atomic mass is 35.5. The lowest BCUT2D eigenvalue weighted by Crippen LogP contribution is -2.21. The van der Waals surface area contributed by atoms with Gasteiger partial charge in [-0.05, 0) is 17.7 Å². The number of fused-ring (bicyclic) bond motifs is 1. The van der Waals surface area contributed by atoms with E-state index in [2.05, 4.69) is 15.1 Å². The highest BCUT2D eigenvalue weighted by Gasteiger charge is 2.14. The van der Waals surface area contributed by atoms with Crippen LogP contribution in [0.15, 0.2) is 35.4 Å². The minimum atomic E-state index is -0.256. The van der Waals surface area contributed by atoms with Crippen LogP contribution in [0.25, 0.3) is 5.78 Å². The third-order valence-electron chi connectivity index (χ3n) is 2.97. The zero-order valence-corrected chi connectivity index (χ0v) is 11.4. The molecule has 7 heteroatoms. The van der Waals surface area contributed by atoms with Crippen molar-refractivity contribution in [2.24, 2.45) is 0 Å². The molecule has 0 aliphatic heterocycles. The zero-order valence-electron chi connectivity index (χ0n) is 10.6. The van der Waals surface area contributed by atoms with Gasteiger partial charge in [-0.1, -0.05) is 23.7 Å². The lowest BCUT2D eigenvalue weighted by molar-refractivity contribution is 0.392. The van der Waals surface area contributed by atoms with Gasteiger partial charge in [0.2, 0.25) is 11.7 Å². The fourth-order valence-electron chi connectivity index (χ4n) is 2.06. The van der Waals surface area contributed by atoms with E-state index in [0.29, 0.717) is 28.7 Å². The van der Waals surface area contributed by atoms with Crippen molar-refractivity contribution in [1.82, 2.24) is 19.6 Å². The molecule has 1 aromatic carbocycles. The summed E-state index contributed by atoms with van der Waals surface area (Å²) in [7, 11) is 1.50. The Morgan fingerprint density at radius 1 is 1.45 bits per heavy atom. The maximum atomic E-state index is 12.4. The number of ether oxygens (including phenoxy) is 1. The lowest BCUT2D eigenvalue weighted by atomic mass is 10.1. The second kappa shape index (κ2) is 4.97. The predicted molar refractivity (Wildman–Crippen MR) is 74.4 cm³/mol. The summed E-state index contributed by atoms with van der Waals surface area (Å²) in [6.07, 6.45) is 1.71. The molecule has 0 spiro atoms. The Morgan fingerprint density at radius 2 is 2.30 bits per heavy atom. The highest BCUT2D eigenvalue weighted by molar-refractivity contribution is 6.30. The summed E-state index contributed by atoms with van der Waals surface area (Å²) in [5, 5.41) is 4.52. The molecule has 2 heterocycles. The van der Waals surface area contributed by atoms with Crippen LogP contribution in [0.2, 0.25) is 5.02 Å². The van der Waals surface area contributed by atoms with Gasteiger partial charge in [-0.25, -0.2) is 0 Å². The van der Waals surface area contributed by atoms with Crippen LogP contribution in [0.4, 0.5) is 0 Å². The summed E-state index contributed by atoms with van der Waals surface area (Å²) in [4.78, 5) is 19.3. The van der Waals surface area contributed by atoms with E-state index in [-0.39, 0.29) is 5.56 Å². The molecule has 0 fully saturated rings. The molecule has 0 amide bonds. The van der Waals surface area contributed by atoms with E-state index < -0.39 is 0 Å². The van der Waals surface area contributed by atoms with Crippen molar-refractivity contribution in [2.75, 3.05) is 7.11 Å². The van der Waals surface area contributed by atoms with Crippen molar-refractivity contribution < 1.29 is 4.74 Å². The summed E-state index contributed by atoms with van der Waals surface area (Å²) in [5.74, 6) is 0.733. The van der Waals surface area contributed by atoms with E-state index in [0.717, 1.165) is 5.56 Å². The molecule has 0 saturated heterocycles. The zero-order chi connectivity index (χ0) is 14.1. The molecular weight excluding hydrogens is 280 g/mol. The van der Waals surface area contributed by atoms with Crippen LogP contribution in [0.5, 0.6) is 5.88 Å². The van der Waals surface area contributed by atoms with Crippen molar-refractivity contribution in [1.29, 1.82) is 0 Å². The number of nitrogens with zero attached hydrogens (tertiary/aromatic N) is 3. The van der Waals surface area contributed by atoms with Gasteiger partial charge < -0.3 is 4.74 Å². The molecule has 2 aromatic heterocycles. The monoisotopic (exact) mass is 290 g/mol. The van der Waals surface area contributed by atoms with Gasteiger partial charge in [0.05, 0.1) is 12.7 Å². The molecule has 1 N–H and O–H groups in total. The molecule has 3 aromatic rings. The van der Waals surface area contributed by atoms with Crippen molar-refractivity contribution in [2.45, 2.75) is 6.42 Å². The summed E-state index contributed by atoms with van der Waals surface area (Å²) < 4.78 is 6.45. The Hall–Kier alpha value is -2.34. The van der Waals surface area contributed by atoms with Crippen LogP contribution >= 0.6 is 11.6 Å². The number of halogens is 1. The first-order chi connectivity index (χ1) is 9.69. The molecule has 3 rings (SSSR count). The van der Waals surface area contributed by atoms with Crippen LogP contribution in [0, 0.1) is 0 Å². The summed E-state index contributed by atoms with van der Waals surface area (Å²) >= 11 is 5.96. The molecular formula is C13H11ClN4O2. The first-order valence-electron chi connectivity index (χ1n) is 5.92. The van der Waals surface area contributed by atoms with E-state index in [4.69, 9.17) is 16.3 Å². The summed E-state index contributed by atoms with van der Waals surface area (Å²) in [5.41, 5.74) is 1.14. The third-order valence-corrected chi connectivity index (χ3v) is 3.21. The molecule has 0 aliphatic carbocycles. The topological polar surface area (TPSA) is 72.3 Å². The molecule has 20 heavy (non-hydrogen) atoms. The Bertz CT molecular complexity index is 825. The number of nitrogens with one attached hydrogen (secondary N) is 1. The molecule has 0 radical (unpaired) electrons. The maximum Gasteiger partial charge on any atom is 0.283 e. The number of H-pyrrole nitrogens is 1. The second-order valence-corrected chi connectivity index (χ2v) is 4.68. The van der Waals surface area contributed by atoms with Crippen LogP contribution in [-0.2, 0) is 6.42 Å². The number of methoxy groups -OCH3 is 1. The largest absolute Gasteiger partial charge is 0.482 e. The van der Waals surface area contributed by atoms with E-state index in [1.54, 1.807) is 6.07 Å². The minimum Gasteiger partial charge on any atom is -0.482 e. The van der Waals surface area contributed by atoms with Crippen LogP contribution in [0.1, 0.15) is 11.1 Å². The van der Waals surface area contributed by atoms with E-state index in [1.165, 1.54) is 18.0 Å². The van der Waals surface area contributed by atoms with Gasteiger partial charge in [-0.3, -0.25) is 9.78 Å². The standard InChI is InChI=1S/C13H11ClN4O2/c1-20-11-10(6-8-3-2-4-9(14)5-8)12(19)18-13(17-11)15-7-16-18/h2-5,7H,6H2,1H3,(H,15,16,17). The smallest absolute Gasteiger partial charge is 0.283 e. The first kappa shape index (κ1) is 12.7. The predicted octanol–water partition coefficient (Wildman–Crippen LogP) is 1.67. The van der Waals surface area contributed by atoms with Gasteiger partial charge in [0.15, 0.2) is 0 Å². The third kappa shape index (κ3) is 2.14. The fraction of sp³-hybridized carbons (Fsp3) is 0.154. The second-order valence-electron chi connectivity index (χ2n) is 4.24. The number of hydrogen-bond donors (Lipinski definition) is 1. The molecule has 0 aliphatic rings. The number of rotatable bonds is 3. The molecule has 6 nitrogen and oxygen atoms in total. The Morgan fingerprint density at radius 3 is 3.05 bits per heavy atom. The fourth-order valence-corrected chi connectivity index (χ4v) is 2.27. The van der Waals surface area contributed by atoms with Gasteiger partial charge in [-0.15, -0.1) is 0 Å². The normalized spacial score (nSPS) is 10.9. The van der Waals surface area contributed by atoms with Crippen molar-refractivity contribution in [3.05, 3.63) is 57.1 Å². The Balaban J connectivity index is 2.14. The van der Waals surface area contributed by atoms with E-state index >= 15 is 0 Å². The van der Waals surface area contributed by atoms with Crippen LogP contribution in [0.3, 0.4) is 0 Å². The number of hydrogen-bond acceptors (Lipinski definition) is 4. The summed E-state index contributed by atoms with van der Waals surface area (Å²) in [6.45, 7) is 0. The number of aromatic amines is 1. The molecule has 0 bridgehead atoms. The lowest BCUT2D eigenvalue weighted by Gasteiger charge is -2.08. The van der Waals surface area contributed by atoms with Crippen molar-refractivity contribution >= 4 is 17.4 Å². The van der Waals surface area contributed by atoms with Gasteiger partial charge in [0.25, 0.3) is 5.56 Å². The van der Waals surface area contributed by atoms with Crippen LogP contribution in [-0.4, -0.2) is 26.7 Å². The van der Waals surface area contributed by atoms with Gasteiger partial charge in [0, 0.05) is 11.4 Å². The van der Waals surface area contributed by atoms with Gasteiger partial charge >= 0.3 is 0 Å². The van der Waals surface area contributed by atoms with Gasteiger partial charge in [-0.2, -0.15) is 14.6 Å². The quantitative estimate of drug-likeness (QED) is 0.796. The summed E-state index contributed by atoms with van der Waals surface area (Å²) in [6, 6.07) is 7.34. The van der Waals surface area contributed by atoms with Gasteiger partial charge in [0.1, 0.15) is 6.33 Å². The molecule has 0 atom stereocenters. The van der Waals surface area contributed by atoms with E-state index in [1.807, 2.05) is 18.2 Å². The molecule has 102 valence electrons. The Labute approximate surface area is 119 Å². The SMILES string of the molecule is COc1[nH]c2ncnn2c(=O)c1Cc1cccc(Cl)c1. The van der Waals surface area contributed by atoms with Crippen molar-refractivity contribution in [3.63, 3.8) is 0 Å². The van der Waals surface area contributed by atoms with E-state index in [9.17, 15) is 4.79 Å². The average molecular weight is 291 g/mol. The average Bonchev–Trinajstić information content (AvgIpc) is 2.90. The maximum absolute atomic E-state index is 12.4. The minimum absolute atomic E-state index is 0.256. The first-order valence-corrected chi connectivity index (χ1v) is 6.30. The highest BCUT2D eigenvalue weighted by Crippen LogP contribution is 2.18. The van der Waals surface area contributed by atoms with Crippen LogP contribution < -0.4 is 10.3 Å². The number of benzene rings is 1. The molecule has 0 saturated carbocycles. The Kier molecular flexibility index (Phi) is 3.15. The molecule has 0 unspecified atom stereocenters. The van der Waals surface area contributed by atoms with Crippen molar-refractivity contribution in [3.8, 4) is 5.88 Å². The number of aromatic nitrogens is 4.